The summed E-state index contributed by atoms with van der Waals surface area (Å²) in [7, 11) is 0. The van der Waals surface area contributed by atoms with Crippen molar-refractivity contribution in [1.82, 2.24) is 5.32 Å². The molecule has 7 atom stereocenters. The van der Waals surface area contributed by atoms with Gasteiger partial charge in [0.25, 0.3) is 0 Å². The Morgan fingerprint density at radius 2 is 1.20 bits per heavy atom. The number of rotatable bonds is 32. The maximum atomic E-state index is 12.9. The Hall–Kier alpha value is -1.33. The lowest BCUT2D eigenvalue weighted by Gasteiger charge is -2.40. The molecule has 49 heavy (non-hydrogen) atoms. The number of carbonyl (C=O) groups excluding carboxylic acids is 1. The Bertz CT molecular complexity index is 822. The average Bonchev–Trinajstić information content (AvgIpc) is 3.10. The zero-order valence-electron chi connectivity index (χ0n) is 31.2. The highest BCUT2D eigenvalue weighted by molar-refractivity contribution is 5.76. The van der Waals surface area contributed by atoms with Gasteiger partial charge in [0, 0.05) is 6.42 Å². The van der Waals surface area contributed by atoms with Crippen LogP contribution in [0.2, 0.25) is 0 Å². The molecule has 9 heteroatoms. The standard InChI is InChI=1S/C40H75NO8/c1-3-5-7-9-11-13-15-16-17-18-20-22-24-26-28-30-36(44)41-33(32-48-40-39(47)38(46)37(45)35(31-42)49-40)34(43)29-27-25-23-21-19-14-12-10-8-6-4-2/h11,13,16-17,33-35,37-40,42-43,45-47H,3-10,12,14-15,18-32H2,1-2H3,(H,41,44)/b13-11-,17-16-. The van der Waals surface area contributed by atoms with Crippen molar-refractivity contribution in [3.05, 3.63) is 24.3 Å². The molecule has 6 N–H and O–H groups in total. The number of nitrogens with one attached hydrogen (secondary N) is 1. The van der Waals surface area contributed by atoms with E-state index in [-0.39, 0.29) is 12.5 Å². The molecule has 0 radical (unpaired) electrons. The zero-order chi connectivity index (χ0) is 36.0. The molecule has 1 saturated heterocycles. The molecule has 0 saturated carbocycles. The monoisotopic (exact) mass is 698 g/mol. The Morgan fingerprint density at radius 1 is 0.694 bits per heavy atom. The number of hydrogen-bond acceptors (Lipinski definition) is 8. The molecule has 1 heterocycles. The zero-order valence-corrected chi connectivity index (χ0v) is 31.2. The second-order valence-corrected chi connectivity index (χ2v) is 14.1. The second kappa shape index (κ2) is 31.4. The van der Waals surface area contributed by atoms with Crippen LogP contribution in [0.5, 0.6) is 0 Å². The van der Waals surface area contributed by atoms with Gasteiger partial charge in [-0.05, 0) is 44.9 Å². The Kier molecular flexibility index (Phi) is 29.3. The van der Waals surface area contributed by atoms with E-state index in [2.05, 4.69) is 43.5 Å². The van der Waals surface area contributed by atoms with Crippen LogP contribution in [0.4, 0.5) is 0 Å². The molecule has 1 aliphatic heterocycles. The molecule has 0 aromatic rings. The smallest absolute Gasteiger partial charge is 0.220 e. The number of aliphatic hydroxyl groups excluding tert-OH is 5. The first-order valence-corrected chi connectivity index (χ1v) is 20.0. The molecule has 1 fully saturated rings. The maximum absolute atomic E-state index is 12.9. The SMILES string of the molecule is CCCCC/C=C\C/C=C\CCCCCCCC(=O)NC(COC1OC(CO)C(O)C(O)C1O)C(O)CCCCCCCCCCCCC. The van der Waals surface area contributed by atoms with Crippen LogP contribution in [0.15, 0.2) is 24.3 Å². The van der Waals surface area contributed by atoms with E-state index in [9.17, 15) is 30.3 Å². The third kappa shape index (κ3) is 23.0. The van der Waals surface area contributed by atoms with E-state index in [1.165, 1.54) is 77.0 Å². The number of unbranched alkanes of at least 4 members (excludes halogenated alkanes) is 18. The molecule has 1 rings (SSSR count). The third-order valence-corrected chi connectivity index (χ3v) is 9.56. The van der Waals surface area contributed by atoms with E-state index >= 15 is 0 Å². The van der Waals surface area contributed by atoms with E-state index in [1.807, 2.05) is 0 Å². The van der Waals surface area contributed by atoms with Crippen LogP contribution in [0.25, 0.3) is 0 Å². The minimum atomic E-state index is -1.55. The minimum Gasteiger partial charge on any atom is -0.394 e. The highest BCUT2D eigenvalue weighted by Gasteiger charge is 2.44. The summed E-state index contributed by atoms with van der Waals surface area (Å²) in [5.41, 5.74) is 0. The van der Waals surface area contributed by atoms with Gasteiger partial charge in [-0.3, -0.25) is 4.79 Å². The number of carbonyl (C=O) groups is 1. The van der Waals surface area contributed by atoms with E-state index in [0.717, 1.165) is 64.2 Å². The predicted octanol–water partition coefficient (Wildman–Crippen LogP) is 7.16. The molecule has 1 aliphatic rings. The van der Waals surface area contributed by atoms with Crippen LogP contribution < -0.4 is 5.32 Å². The van der Waals surface area contributed by atoms with Crippen molar-refractivity contribution in [3.63, 3.8) is 0 Å². The first kappa shape index (κ1) is 45.7. The van der Waals surface area contributed by atoms with Crippen molar-refractivity contribution < 1.29 is 39.8 Å². The summed E-state index contributed by atoms with van der Waals surface area (Å²) in [5.74, 6) is -0.161. The molecule has 0 aromatic heterocycles. The average molecular weight is 698 g/mol. The van der Waals surface area contributed by atoms with Crippen molar-refractivity contribution in [2.75, 3.05) is 13.2 Å². The van der Waals surface area contributed by atoms with E-state index in [0.29, 0.717) is 12.8 Å². The highest BCUT2D eigenvalue weighted by atomic mass is 16.7. The Labute approximate surface area is 298 Å². The van der Waals surface area contributed by atoms with Crippen molar-refractivity contribution in [2.45, 2.75) is 211 Å². The highest BCUT2D eigenvalue weighted by Crippen LogP contribution is 2.23. The number of hydrogen-bond donors (Lipinski definition) is 6. The summed E-state index contributed by atoms with van der Waals surface area (Å²) < 4.78 is 11.2. The minimum absolute atomic E-state index is 0.143. The lowest BCUT2D eigenvalue weighted by atomic mass is 9.99. The van der Waals surface area contributed by atoms with Crippen LogP contribution in [0.1, 0.15) is 168 Å². The molecule has 9 nitrogen and oxygen atoms in total. The lowest BCUT2D eigenvalue weighted by molar-refractivity contribution is -0.302. The van der Waals surface area contributed by atoms with Crippen molar-refractivity contribution in [1.29, 1.82) is 0 Å². The third-order valence-electron chi connectivity index (χ3n) is 9.56. The summed E-state index contributed by atoms with van der Waals surface area (Å²) in [6.45, 7) is 3.76. The van der Waals surface area contributed by atoms with Gasteiger partial charge < -0.3 is 40.3 Å². The lowest BCUT2D eigenvalue weighted by Crippen LogP contribution is -2.60. The number of aliphatic hydroxyl groups is 5. The summed E-state index contributed by atoms with van der Waals surface area (Å²) in [4.78, 5) is 12.9. The van der Waals surface area contributed by atoms with Gasteiger partial charge >= 0.3 is 0 Å². The van der Waals surface area contributed by atoms with Crippen molar-refractivity contribution in [2.24, 2.45) is 0 Å². The molecule has 0 bridgehead atoms. The first-order chi connectivity index (χ1) is 23.8. The van der Waals surface area contributed by atoms with Gasteiger partial charge in [-0.1, -0.05) is 141 Å². The van der Waals surface area contributed by atoms with Crippen molar-refractivity contribution in [3.8, 4) is 0 Å². The molecule has 0 aromatic carbocycles. The molecule has 288 valence electrons. The van der Waals surface area contributed by atoms with Gasteiger partial charge in [-0.2, -0.15) is 0 Å². The fraction of sp³-hybridized carbons (Fsp3) is 0.875. The van der Waals surface area contributed by atoms with Crippen LogP contribution in [0.3, 0.4) is 0 Å². The fourth-order valence-electron chi connectivity index (χ4n) is 6.25. The van der Waals surface area contributed by atoms with Crippen LogP contribution >= 0.6 is 0 Å². The molecule has 0 spiro atoms. The number of amides is 1. The summed E-state index contributed by atoms with van der Waals surface area (Å²) in [6.07, 6.45) is 27.5. The molecule has 7 unspecified atom stereocenters. The summed E-state index contributed by atoms with van der Waals surface area (Å²) in [5, 5.41) is 54.0. The second-order valence-electron chi connectivity index (χ2n) is 14.1. The molecular weight excluding hydrogens is 622 g/mol. The largest absolute Gasteiger partial charge is 0.394 e. The molecule has 1 amide bonds. The van der Waals surface area contributed by atoms with E-state index in [1.54, 1.807) is 0 Å². The number of allylic oxidation sites excluding steroid dienone is 4. The van der Waals surface area contributed by atoms with Gasteiger partial charge in [-0.15, -0.1) is 0 Å². The Morgan fingerprint density at radius 3 is 1.80 bits per heavy atom. The van der Waals surface area contributed by atoms with E-state index in [4.69, 9.17) is 9.47 Å². The van der Waals surface area contributed by atoms with Crippen LogP contribution in [-0.2, 0) is 14.3 Å². The van der Waals surface area contributed by atoms with Gasteiger partial charge in [0.2, 0.25) is 5.91 Å². The number of ether oxygens (including phenoxy) is 2. The topological polar surface area (TPSA) is 149 Å². The van der Waals surface area contributed by atoms with Gasteiger partial charge in [0.05, 0.1) is 25.4 Å². The summed E-state index contributed by atoms with van der Waals surface area (Å²) >= 11 is 0. The molecule has 0 aliphatic carbocycles. The fourth-order valence-corrected chi connectivity index (χ4v) is 6.25. The van der Waals surface area contributed by atoms with Gasteiger partial charge in [-0.25, -0.2) is 0 Å². The normalized spacial score (nSPS) is 22.6. The first-order valence-electron chi connectivity index (χ1n) is 20.0. The van der Waals surface area contributed by atoms with Crippen LogP contribution in [-0.4, -0.2) is 87.5 Å². The van der Waals surface area contributed by atoms with Gasteiger partial charge in [0.1, 0.15) is 24.4 Å². The summed E-state index contributed by atoms with van der Waals surface area (Å²) in [6, 6.07) is -0.721. The van der Waals surface area contributed by atoms with Gasteiger partial charge in [0.15, 0.2) is 6.29 Å². The molecular formula is C40H75NO8. The van der Waals surface area contributed by atoms with Crippen LogP contribution in [0, 0.1) is 0 Å². The van der Waals surface area contributed by atoms with E-state index < -0.39 is 49.5 Å². The quantitative estimate of drug-likeness (QED) is 0.0320. The Balaban J connectivity index is 2.41. The predicted molar refractivity (Wildman–Crippen MR) is 198 cm³/mol. The van der Waals surface area contributed by atoms with Crippen molar-refractivity contribution >= 4 is 5.91 Å². The maximum Gasteiger partial charge on any atom is 0.220 e.